The summed E-state index contributed by atoms with van der Waals surface area (Å²) in [4.78, 5) is 25.3. The standard InChI is InChI=1S/C25H22O6/c1-28-19-9-6-8-18(15-19)25(27)31-23-10-5-4-7-17(23)11-13-22(26)21-16-20(29-2)12-14-24(21)30-3/h4-16H,1-3H3. The highest BCUT2D eigenvalue weighted by atomic mass is 16.5. The topological polar surface area (TPSA) is 71.1 Å². The summed E-state index contributed by atoms with van der Waals surface area (Å²) in [5.41, 5.74) is 1.30. The van der Waals surface area contributed by atoms with Crippen molar-refractivity contribution in [1.82, 2.24) is 0 Å². The highest BCUT2D eigenvalue weighted by molar-refractivity contribution is 6.09. The summed E-state index contributed by atoms with van der Waals surface area (Å²) < 4.78 is 21.2. The number of hydrogen-bond donors (Lipinski definition) is 0. The molecule has 0 spiro atoms. The summed E-state index contributed by atoms with van der Waals surface area (Å²) in [7, 11) is 4.55. The quantitative estimate of drug-likeness (QED) is 0.226. The van der Waals surface area contributed by atoms with Gasteiger partial charge in [0.2, 0.25) is 0 Å². The molecule has 0 bridgehead atoms. The SMILES string of the molecule is COc1cccc(C(=O)Oc2ccccc2C=CC(=O)c2cc(OC)ccc2OC)c1. The Labute approximate surface area is 180 Å². The molecule has 0 atom stereocenters. The number of methoxy groups -OCH3 is 3. The second-order valence-electron chi connectivity index (χ2n) is 6.42. The number of allylic oxidation sites excluding steroid dienone is 1. The first kappa shape index (κ1) is 21.6. The van der Waals surface area contributed by atoms with Crippen LogP contribution < -0.4 is 18.9 Å². The number of carbonyl (C=O) groups excluding carboxylic acids is 2. The van der Waals surface area contributed by atoms with E-state index in [4.69, 9.17) is 18.9 Å². The molecule has 0 saturated carbocycles. The van der Waals surface area contributed by atoms with Crippen molar-refractivity contribution in [3.8, 4) is 23.0 Å². The minimum atomic E-state index is -0.527. The van der Waals surface area contributed by atoms with Gasteiger partial charge in [0.15, 0.2) is 5.78 Å². The maximum atomic E-state index is 12.7. The maximum absolute atomic E-state index is 12.7. The van der Waals surface area contributed by atoms with Crippen LogP contribution in [0.5, 0.6) is 23.0 Å². The Kier molecular flexibility index (Phi) is 7.06. The predicted octanol–water partition coefficient (Wildman–Crippen LogP) is 4.83. The monoisotopic (exact) mass is 418 g/mol. The Balaban J connectivity index is 1.83. The lowest BCUT2D eigenvalue weighted by Gasteiger charge is -2.09. The van der Waals surface area contributed by atoms with Gasteiger partial charge in [-0.1, -0.05) is 24.3 Å². The van der Waals surface area contributed by atoms with E-state index in [1.807, 2.05) is 0 Å². The molecule has 0 aliphatic carbocycles. The van der Waals surface area contributed by atoms with E-state index in [1.165, 1.54) is 27.4 Å². The fraction of sp³-hybridized carbons (Fsp3) is 0.120. The molecule has 0 aromatic heterocycles. The number of ketones is 1. The molecule has 31 heavy (non-hydrogen) atoms. The van der Waals surface area contributed by atoms with Gasteiger partial charge in [0, 0.05) is 5.56 Å². The number of para-hydroxylation sites is 1. The number of esters is 1. The summed E-state index contributed by atoms with van der Waals surface area (Å²) in [5, 5.41) is 0. The molecule has 3 aromatic rings. The second kappa shape index (κ2) is 10.1. The van der Waals surface area contributed by atoms with E-state index in [1.54, 1.807) is 72.8 Å². The van der Waals surface area contributed by atoms with Crippen LogP contribution in [0.3, 0.4) is 0 Å². The van der Waals surface area contributed by atoms with E-state index in [0.717, 1.165) is 0 Å². The molecule has 6 heteroatoms. The average molecular weight is 418 g/mol. The first-order valence-electron chi connectivity index (χ1n) is 9.45. The minimum absolute atomic E-state index is 0.273. The first-order chi connectivity index (χ1) is 15.0. The maximum Gasteiger partial charge on any atom is 0.343 e. The van der Waals surface area contributed by atoms with Crippen molar-refractivity contribution in [2.75, 3.05) is 21.3 Å². The molecule has 0 unspecified atom stereocenters. The molecule has 158 valence electrons. The van der Waals surface area contributed by atoms with Crippen LogP contribution in [0.4, 0.5) is 0 Å². The number of rotatable bonds is 8. The molecule has 3 aromatic carbocycles. The fourth-order valence-electron chi connectivity index (χ4n) is 2.88. The van der Waals surface area contributed by atoms with Crippen molar-refractivity contribution in [2.45, 2.75) is 0 Å². The zero-order valence-electron chi connectivity index (χ0n) is 17.5. The van der Waals surface area contributed by atoms with Crippen molar-refractivity contribution in [3.05, 3.63) is 89.5 Å². The lowest BCUT2D eigenvalue weighted by Crippen LogP contribution is -2.09. The highest BCUT2D eigenvalue weighted by Crippen LogP contribution is 2.26. The molecule has 0 heterocycles. The summed E-state index contributed by atoms with van der Waals surface area (Å²) in [5.74, 6) is 1.07. The van der Waals surface area contributed by atoms with Gasteiger partial charge >= 0.3 is 5.97 Å². The molecule has 0 aliphatic heterocycles. The molecular weight excluding hydrogens is 396 g/mol. The van der Waals surface area contributed by atoms with E-state index >= 15 is 0 Å². The van der Waals surface area contributed by atoms with Crippen LogP contribution in [0, 0.1) is 0 Å². The Morgan fingerprint density at radius 1 is 0.742 bits per heavy atom. The highest BCUT2D eigenvalue weighted by Gasteiger charge is 2.13. The van der Waals surface area contributed by atoms with Crippen molar-refractivity contribution >= 4 is 17.8 Å². The first-order valence-corrected chi connectivity index (χ1v) is 9.45. The molecule has 0 radical (unpaired) electrons. The zero-order valence-corrected chi connectivity index (χ0v) is 17.5. The van der Waals surface area contributed by atoms with Crippen LogP contribution >= 0.6 is 0 Å². The summed E-state index contributed by atoms with van der Waals surface area (Å²) in [6, 6.07) is 18.6. The summed E-state index contributed by atoms with van der Waals surface area (Å²) >= 11 is 0. The van der Waals surface area contributed by atoms with E-state index < -0.39 is 5.97 Å². The molecular formula is C25H22O6. The van der Waals surface area contributed by atoms with Crippen LogP contribution in [0.15, 0.2) is 72.8 Å². The van der Waals surface area contributed by atoms with Crippen LogP contribution in [0.2, 0.25) is 0 Å². The largest absolute Gasteiger partial charge is 0.497 e. The van der Waals surface area contributed by atoms with E-state index in [2.05, 4.69) is 0 Å². The van der Waals surface area contributed by atoms with Gasteiger partial charge in [-0.25, -0.2) is 4.79 Å². The fourth-order valence-corrected chi connectivity index (χ4v) is 2.88. The van der Waals surface area contributed by atoms with Crippen molar-refractivity contribution in [1.29, 1.82) is 0 Å². The van der Waals surface area contributed by atoms with Gasteiger partial charge in [-0.15, -0.1) is 0 Å². The lowest BCUT2D eigenvalue weighted by molar-refractivity contribution is 0.0734. The van der Waals surface area contributed by atoms with E-state index in [-0.39, 0.29) is 5.78 Å². The van der Waals surface area contributed by atoms with Crippen molar-refractivity contribution in [3.63, 3.8) is 0 Å². The van der Waals surface area contributed by atoms with Gasteiger partial charge in [0.25, 0.3) is 0 Å². The molecule has 0 fully saturated rings. The minimum Gasteiger partial charge on any atom is -0.497 e. The normalized spacial score (nSPS) is 10.5. The van der Waals surface area contributed by atoms with Gasteiger partial charge in [-0.05, 0) is 54.6 Å². The lowest BCUT2D eigenvalue weighted by atomic mass is 10.1. The molecule has 0 saturated heterocycles. The van der Waals surface area contributed by atoms with Gasteiger partial charge in [-0.3, -0.25) is 4.79 Å². The van der Waals surface area contributed by atoms with Gasteiger partial charge in [0.05, 0.1) is 32.5 Å². The van der Waals surface area contributed by atoms with Crippen LogP contribution in [-0.4, -0.2) is 33.1 Å². The van der Waals surface area contributed by atoms with Gasteiger partial charge in [-0.2, -0.15) is 0 Å². The third-order valence-electron chi connectivity index (χ3n) is 4.51. The Bertz CT molecular complexity index is 1120. The predicted molar refractivity (Wildman–Crippen MR) is 117 cm³/mol. The Morgan fingerprint density at radius 2 is 1.48 bits per heavy atom. The van der Waals surface area contributed by atoms with Crippen molar-refractivity contribution < 1.29 is 28.5 Å². The number of ether oxygens (including phenoxy) is 4. The average Bonchev–Trinajstić information content (AvgIpc) is 2.82. The van der Waals surface area contributed by atoms with Crippen LogP contribution in [0.1, 0.15) is 26.3 Å². The van der Waals surface area contributed by atoms with Crippen molar-refractivity contribution in [2.24, 2.45) is 0 Å². The third kappa shape index (κ3) is 5.30. The number of benzene rings is 3. The number of hydrogen-bond acceptors (Lipinski definition) is 6. The smallest absolute Gasteiger partial charge is 0.343 e. The Hall–Kier alpha value is -4.06. The molecule has 0 amide bonds. The molecule has 3 rings (SSSR count). The van der Waals surface area contributed by atoms with Crippen LogP contribution in [0.25, 0.3) is 6.08 Å². The molecule has 0 N–H and O–H groups in total. The summed E-state index contributed by atoms with van der Waals surface area (Å²) in [6.07, 6.45) is 2.99. The number of carbonyl (C=O) groups is 2. The van der Waals surface area contributed by atoms with E-state index in [0.29, 0.717) is 39.7 Å². The Morgan fingerprint density at radius 3 is 2.23 bits per heavy atom. The second-order valence-corrected chi connectivity index (χ2v) is 6.42. The van der Waals surface area contributed by atoms with Crippen LogP contribution in [-0.2, 0) is 0 Å². The van der Waals surface area contributed by atoms with Gasteiger partial charge in [0.1, 0.15) is 23.0 Å². The molecule has 6 nitrogen and oxygen atoms in total. The zero-order chi connectivity index (χ0) is 22.2. The summed E-state index contributed by atoms with van der Waals surface area (Å²) in [6.45, 7) is 0. The van der Waals surface area contributed by atoms with E-state index in [9.17, 15) is 9.59 Å². The van der Waals surface area contributed by atoms with Gasteiger partial charge < -0.3 is 18.9 Å². The molecule has 0 aliphatic rings. The third-order valence-corrected chi connectivity index (χ3v) is 4.51.